The number of carbonyl (C=O) groups is 1. The summed E-state index contributed by atoms with van der Waals surface area (Å²) in [4.78, 5) is 11.6. The minimum Gasteiger partial charge on any atom is -0.461 e. The standard InChI is InChI=1S/C14H21NO3/c1-11(2)13(16)10-15-8-9-18-14(17)12-6-4-3-5-7-12/h3-7,11,13,15-16H,8-10H2,1-2H3. The van der Waals surface area contributed by atoms with Crippen LogP contribution in [0.15, 0.2) is 30.3 Å². The van der Waals surface area contributed by atoms with Gasteiger partial charge in [0, 0.05) is 13.1 Å². The predicted molar refractivity (Wildman–Crippen MR) is 70.4 cm³/mol. The maximum Gasteiger partial charge on any atom is 0.338 e. The Morgan fingerprint density at radius 2 is 2.00 bits per heavy atom. The van der Waals surface area contributed by atoms with Gasteiger partial charge in [-0.15, -0.1) is 0 Å². The van der Waals surface area contributed by atoms with Gasteiger partial charge in [-0.1, -0.05) is 32.0 Å². The second-order valence-electron chi connectivity index (χ2n) is 4.52. The van der Waals surface area contributed by atoms with Crippen molar-refractivity contribution in [2.75, 3.05) is 19.7 Å². The SMILES string of the molecule is CC(C)C(O)CNCCOC(=O)c1ccccc1. The third kappa shape index (κ3) is 5.29. The molecule has 4 heteroatoms. The van der Waals surface area contributed by atoms with Crippen molar-refractivity contribution in [1.29, 1.82) is 0 Å². The van der Waals surface area contributed by atoms with Crippen LogP contribution < -0.4 is 5.32 Å². The molecule has 0 aliphatic heterocycles. The van der Waals surface area contributed by atoms with E-state index in [0.29, 0.717) is 25.3 Å². The first-order chi connectivity index (χ1) is 8.61. The Morgan fingerprint density at radius 1 is 1.33 bits per heavy atom. The maximum atomic E-state index is 11.6. The van der Waals surface area contributed by atoms with Crippen LogP contribution >= 0.6 is 0 Å². The highest BCUT2D eigenvalue weighted by atomic mass is 16.5. The van der Waals surface area contributed by atoms with E-state index in [1.165, 1.54) is 0 Å². The van der Waals surface area contributed by atoms with Gasteiger partial charge in [-0.25, -0.2) is 4.79 Å². The molecule has 0 heterocycles. The van der Waals surface area contributed by atoms with Crippen molar-refractivity contribution in [1.82, 2.24) is 5.32 Å². The summed E-state index contributed by atoms with van der Waals surface area (Å²) in [6.07, 6.45) is -0.366. The van der Waals surface area contributed by atoms with E-state index in [2.05, 4.69) is 5.32 Å². The predicted octanol–water partition coefficient (Wildman–Crippen LogP) is 1.45. The average molecular weight is 251 g/mol. The van der Waals surface area contributed by atoms with Gasteiger partial charge in [0.05, 0.1) is 11.7 Å². The molecular weight excluding hydrogens is 230 g/mol. The molecule has 0 radical (unpaired) electrons. The first-order valence-electron chi connectivity index (χ1n) is 6.22. The lowest BCUT2D eigenvalue weighted by Gasteiger charge is -2.14. The van der Waals surface area contributed by atoms with Crippen molar-refractivity contribution in [3.8, 4) is 0 Å². The van der Waals surface area contributed by atoms with Crippen molar-refractivity contribution in [3.63, 3.8) is 0 Å². The third-order valence-corrected chi connectivity index (χ3v) is 2.64. The Hall–Kier alpha value is -1.39. The molecule has 0 aliphatic rings. The van der Waals surface area contributed by atoms with Crippen LogP contribution in [-0.2, 0) is 4.74 Å². The highest BCUT2D eigenvalue weighted by molar-refractivity contribution is 5.89. The molecule has 0 bridgehead atoms. The van der Waals surface area contributed by atoms with Crippen molar-refractivity contribution >= 4 is 5.97 Å². The van der Waals surface area contributed by atoms with E-state index >= 15 is 0 Å². The zero-order valence-electron chi connectivity index (χ0n) is 10.9. The molecule has 100 valence electrons. The first kappa shape index (κ1) is 14.7. The number of ether oxygens (including phenoxy) is 1. The molecule has 0 fully saturated rings. The second-order valence-corrected chi connectivity index (χ2v) is 4.52. The van der Waals surface area contributed by atoms with Crippen molar-refractivity contribution in [3.05, 3.63) is 35.9 Å². The number of nitrogens with one attached hydrogen (secondary N) is 1. The monoisotopic (exact) mass is 251 g/mol. The molecule has 1 aromatic rings. The summed E-state index contributed by atoms with van der Waals surface area (Å²) in [5, 5.41) is 12.6. The normalized spacial score (nSPS) is 12.4. The Kier molecular flexibility index (Phi) is 6.39. The zero-order valence-corrected chi connectivity index (χ0v) is 10.9. The van der Waals surface area contributed by atoms with Crippen LogP contribution in [0.4, 0.5) is 0 Å². The number of esters is 1. The summed E-state index contributed by atoms with van der Waals surface area (Å²) in [5.41, 5.74) is 0.555. The smallest absolute Gasteiger partial charge is 0.338 e. The molecular formula is C14H21NO3. The van der Waals surface area contributed by atoms with E-state index in [1.807, 2.05) is 19.9 Å². The second kappa shape index (κ2) is 7.84. The number of hydrogen-bond donors (Lipinski definition) is 2. The quantitative estimate of drug-likeness (QED) is 0.569. The van der Waals surface area contributed by atoms with Crippen molar-refractivity contribution in [2.45, 2.75) is 20.0 Å². The van der Waals surface area contributed by atoms with Crippen LogP contribution in [0.25, 0.3) is 0 Å². The van der Waals surface area contributed by atoms with E-state index in [-0.39, 0.29) is 18.0 Å². The lowest BCUT2D eigenvalue weighted by molar-refractivity contribution is 0.0502. The van der Waals surface area contributed by atoms with Gasteiger partial charge in [0.15, 0.2) is 0 Å². The zero-order chi connectivity index (χ0) is 13.4. The largest absolute Gasteiger partial charge is 0.461 e. The summed E-state index contributed by atoms with van der Waals surface area (Å²) < 4.78 is 5.09. The van der Waals surface area contributed by atoms with Gasteiger partial charge in [0.25, 0.3) is 0 Å². The van der Waals surface area contributed by atoms with Gasteiger partial charge >= 0.3 is 5.97 Å². The van der Waals surface area contributed by atoms with Gasteiger partial charge in [0.2, 0.25) is 0 Å². The minimum absolute atomic E-state index is 0.226. The minimum atomic E-state index is -0.366. The Morgan fingerprint density at radius 3 is 2.61 bits per heavy atom. The molecule has 1 rings (SSSR count). The first-order valence-corrected chi connectivity index (χ1v) is 6.22. The fraction of sp³-hybridized carbons (Fsp3) is 0.500. The van der Waals surface area contributed by atoms with Crippen molar-refractivity contribution in [2.24, 2.45) is 5.92 Å². The Labute approximate surface area is 108 Å². The van der Waals surface area contributed by atoms with E-state index < -0.39 is 0 Å². The number of aliphatic hydroxyl groups excluding tert-OH is 1. The van der Waals surface area contributed by atoms with Crippen molar-refractivity contribution < 1.29 is 14.6 Å². The number of carbonyl (C=O) groups excluding carboxylic acids is 1. The van der Waals surface area contributed by atoms with Gasteiger partial charge in [0.1, 0.15) is 6.61 Å². The summed E-state index contributed by atoms with van der Waals surface area (Å²) in [6, 6.07) is 8.89. The van der Waals surface area contributed by atoms with Crippen LogP contribution in [0.2, 0.25) is 0 Å². The number of aliphatic hydroxyl groups is 1. The molecule has 1 atom stereocenters. The topological polar surface area (TPSA) is 58.6 Å². The lowest BCUT2D eigenvalue weighted by atomic mass is 10.1. The van der Waals surface area contributed by atoms with Crippen LogP contribution in [0.1, 0.15) is 24.2 Å². The average Bonchev–Trinajstić information content (AvgIpc) is 2.38. The fourth-order valence-corrected chi connectivity index (χ4v) is 1.36. The van der Waals surface area contributed by atoms with Crippen LogP contribution in [0.3, 0.4) is 0 Å². The van der Waals surface area contributed by atoms with Crippen LogP contribution in [0.5, 0.6) is 0 Å². The van der Waals surface area contributed by atoms with E-state index in [0.717, 1.165) is 0 Å². The Bertz CT molecular complexity index is 351. The summed E-state index contributed by atoms with van der Waals surface area (Å²) in [5.74, 6) is -0.0915. The molecule has 0 saturated carbocycles. The number of hydrogen-bond acceptors (Lipinski definition) is 4. The van der Waals surface area contributed by atoms with Gasteiger partial charge in [-0.2, -0.15) is 0 Å². The molecule has 1 unspecified atom stereocenters. The lowest BCUT2D eigenvalue weighted by Crippen LogP contribution is -2.32. The highest BCUT2D eigenvalue weighted by Gasteiger charge is 2.08. The molecule has 4 nitrogen and oxygen atoms in total. The molecule has 0 aromatic heterocycles. The van der Waals surface area contributed by atoms with E-state index in [9.17, 15) is 9.90 Å². The molecule has 0 saturated heterocycles. The molecule has 0 spiro atoms. The number of benzene rings is 1. The molecule has 0 aliphatic carbocycles. The molecule has 1 aromatic carbocycles. The van der Waals surface area contributed by atoms with Gasteiger partial charge in [-0.05, 0) is 18.1 Å². The Balaban J connectivity index is 2.13. The summed E-state index contributed by atoms with van der Waals surface area (Å²) in [6.45, 7) is 5.28. The third-order valence-electron chi connectivity index (χ3n) is 2.64. The maximum absolute atomic E-state index is 11.6. The summed E-state index contributed by atoms with van der Waals surface area (Å²) in [7, 11) is 0. The van der Waals surface area contributed by atoms with Crippen LogP contribution in [-0.4, -0.2) is 36.9 Å². The van der Waals surface area contributed by atoms with Gasteiger partial charge in [-0.3, -0.25) is 0 Å². The van der Waals surface area contributed by atoms with E-state index in [4.69, 9.17) is 4.74 Å². The molecule has 2 N–H and O–H groups in total. The molecule has 0 amide bonds. The van der Waals surface area contributed by atoms with Gasteiger partial charge < -0.3 is 15.2 Å². The highest BCUT2D eigenvalue weighted by Crippen LogP contribution is 2.01. The fourth-order valence-electron chi connectivity index (χ4n) is 1.36. The summed E-state index contributed by atoms with van der Waals surface area (Å²) >= 11 is 0. The number of rotatable bonds is 7. The van der Waals surface area contributed by atoms with Crippen LogP contribution in [0, 0.1) is 5.92 Å². The van der Waals surface area contributed by atoms with E-state index in [1.54, 1.807) is 24.3 Å². The molecule has 18 heavy (non-hydrogen) atoms.